The third-order valence-electron chi connectivity index (χ3n) is 1.81. The molecular formula is C8H10N4O2. The maximum atomic E-state index is 8.92. The fourth-order valence-corrected chi connectivity index (χ4v) is 1.15. The second kappa shape index (κ2) is 3.59. The SMILES string of the molecule is Cc1cnc(Cn2cnnc2CO)o1. The lowest BCUT2D eigenvalue weighted by Crippen LogP contribution is -2.04. The molecule has 2 rings (SSSR count). The van der Waals surface area contributed by atoms with Gasteiger partial charge in [0.1, 0.15) is 25.2 Å². The Labute approximate surface area is 80.2 Å². The number of aliphatic hydroxyl groups excluding tert-OH is 1. The Balaban J connectivity index is 2.18. The first-order chi connectivity index (χ1) is 6.79. The van der Waals surface area contributed by atoms with Crippen molar-refractivity contribution < 1.29 is 9.52 Å². The van der Waals surface area contributed by atoms with E-state index in [0.717, 1.165) is 5.76 Å². The molecule has 0 radical (unpaired) electrons. The molecule has 2 aromatic heterocycles. The topological polar surface area (TPSA) is 77.0 Å². The zero-order valence-electron chi connectivity index (χ0n) is 7.71. The first-order valence-corrected chi connectivity index (χ1v) is 4.18. The van der Waals surface area contributed by atoms with E-state index in [1.165, 1.54) is 6.33 Å². The summed E-state index contributed by atoms with van der Waals surface area (Å²) in [5.41, 5.74) is 0. The van der Waals surface area contributed by atoms with Crippen LogP contribution in [0.5, 0.6) is 0 Å². The van der Waals surface area contributed by atoms with E-state index in [-0.39, 0.29) is 6.61 Å². The summed E-state index contributed by atoms with van der Waals surface area (Å²) in [6.45, 7) is 2.13. The molecule has 2 heterocycles. The van der Waals surface area contributed by atoms with Gasteiger partial charge in [0.25, 0.3) is 0 Å². The minimum absolute atomic E-state index is 0.139. The van der Waals surface area contributed by atoms with Crippen LogP contribution < -0.4 is 0 Å². The first-order valence-electron chi connectivity index (χ1n) is 4.18. The Morgan fingerprint density at radius 2 is 2.43 bits per heavy atom. The molecule has 74 valence electrons. The Kier molecular flexibility index (Phi) is 2.28. The number of hydrogen-bond donors (Lipinski definition) is 1. The van der Waals surface area contributed by atoms with E-state index in [2.05, 4.69) is 15.2 Å². The highest BCUT2D eigenvalue weighted by Crippen LogP contribution is 2.05. The second-order valence-corrected chi connectivity index (χ2v) is 2.90. The predicted molar refractivity (Wildman–Crippen MR) is 46.3 cm³/mol. The molecule has 6 heteroatoms. The van der Waals surface area contributed by atoms with Crippen LogP contribution in [0.4, 0.5) is 0 Å². The van der Waals surface area contributed by atoms with Crippen molar-refractivity contribution in [3.05, 3.63) is 30.0 Å². The molecule has 0 unspecified atom stereocenters. The largest absolute Gasteiger partial charge is 0.444 e. The van der Waals surface area contributed by atoms with E-state index in [9.17, 15) is 0 Å². The zero-order valence-corrected chi connectivity index (χ0v) is 7.71. The lowest BCUT2D eigenvalue weighted by atomic mass is 10.5. The van der Waals surface area contributed by atoms with Crippen LogP contribution in [-0.2, 0) is 13.2 Å². The quantitative estimate of drug-likeness (QED) is 0.750. The molecule has 0 spiro atoms. The Morgan fingerprint density at radius 3 is 3.07 bits per heavy atom. The maximum absolute atomic E-state index is 8.92. The average Bonchev–Trinajstić information content (AvgIpc) is 2.76. The molecule has 14 heavy (non-hydrogen) atoms. The summed E-state index contributed by atoms with van der Waals surface area (Å²) in [7, 11) is 0. The molecule has 0 saturated heterocycles. The number of oxazole rings is 1. The van der Waals surface area contributed by atoms with Gasteiger partial charge in [0, 0.05) is 0 Å². The van der Waals surface area contributed by atoms with Gasteiger partial charge in [-0.25, -0.2) is 4.98 Å². The highest BCUT2D eigenvalue weighted by molar-refractivity contribution is 4.93. The molecular weight excluding hydrogens is 184 g/mol. The van der Waals surface area contributed by atoms with Crippen molar-refractivity contribution >= 4 is 0 Å². The highest BCUT2D eigenvalue weighted by Gasteiger charge is 2.06. The van der Waals surface area contributed by atoms with Crippen molar-refractivity contribution in [2.75, 3.05) is 0 Å². The summed E-state index contributed by atoms with van der Waals surface area (Å²) in [5, 5.41) is 16.3. The normalized spacial score (nSPS) is 10.7. The van der Waals surface area contributed by atoms with Crippen molar-refractivity contribution in [3.63, 3.8) is 0 Å². The fourth-order valence-electron chi connectivity index (χ4n) is 1.15. The summed E-state index contributed by atoms with van der Waals surface area (Å²) < 4.78 is 6.97. The van der Waals surface area contributed by atoms with Crippen LogP contribution in [0.15, 0.2) is 16.9 Å². The minimum atomic E-state index is -0.139. The van der Waals surface area contributed by atoms with Gasteiger partial charge >= 0.3 is 0 Å². The molecule has 1 N–H and O–H groups in total. The predicted octanol–water partition coefficient (Wildman–Crippen LogP) is 0.115. The van der Waals surface area contributed by atoms with Crippen LogP contribution in [-0.4, -0.2) is 24.9 Å². The number of rotatable bonds is 3. The van der Waals surface area contributed by atoms with E-state index >= 15 is 0 Å². The maximum Gasteiger partial charge on any atom is 0.214 e. The fraction of sp³-hybridized carbons (Fsp3) is 0.375. The summed E-state index contributed by atoms with van der Waals surface area (Å²) in [6, 6.07) is 0. The van der Waals surface area contributed by atoms with Gasteiger partial charge in [0.15, 0.2) is 5.82 Å². The van der Waals surface area contributed by atoms with E-state index < -0.39 is 0 Å². The highest BCUT2D eigenvalue weighted by atomic mass is 16.4. The molecule has 0 bridgehead atoms. The molecule has 0 aliphatic heterocycles. The molecule has 0 aromatic carbocycles. The molecule has 0 aliphatic carbocycles. The Hall–Kier alpha value is -1.69. The van der Waals surface area contributed by atoms with Crippen LogP contribution in [0.3, 0.4) is 0 Å². The van der Waals surface area contributed by atoms with Gasteiger partial charge in [-0.15, -0.1) is 10.2 Å². The Morgan fingerprint density at radius 1 is 1.57 bits per heavy atom. The van der Waals surface area contributed by atoms with Crippen LogP contribution in [0.1, 0.15) is 17.5 Å². The van der Waals surface area contributed by atoms with Gasteiger partial charge in [-0.2, -0.15) is 0 Å². The van der Waals surface area contributed by atoms with Crippen molar-refractivity contribution in [3.8, 4) is 0 Å². The van der Waals surface area contributed by atoms with Crippen molar-refractivity contribution in [1.29, 1.82) is 0 Å². The van der Waals surface area contributed by atoms with Gasteiger partial charge < -0.3 is 14.1 Å². The van der Waals surface area contributed by atoms with E-state index in [0.29, 0.717) is 18.3 Å². The van der Waals surface area contributed by atoms with E-state index in [1.807, 2.05) is 6.92 Å². The van der Waals surface area contributed by atoms with Gasteiger partial charge in [-0.1, -0.05) is 0 Å². The molecule has 0 fully saturated rings. The zero-order chi connectivity index (χ0) is 9.97. The minimum Gasteiger partial charge on any atom is -0.444 e. The van der Waals surface area contributed by atoms with Crippen LogP contribution in [0.2, 0.25) is 0 Å². The number of aliphatic hydroxyl groups is 1. The van der Waals surface area contributed by atoms with Crippen LogP contribution in [0.25, 0.3) is 0 Å². The van der Waals surface area contributed by atoms with E-state index in [4.69, 9.17) is 9.52 Å². The third-order valence-corrected chi connectivity index (χ3v) is 1.81. The lowest BCUT2D eigenvalue weighted by molar-refractivity contribution is 0.264. The molecule has 0 saturated carbocycles. The monoisotopic (exact) mass is 194 g/mol. The average molecular weight is 194 g/mol. The van der Waals surface area contributed by atoms with Gasteiger partial charge in [0.2, 0.25) is 5.89 Å². The Bertz CT molecular complexity index is 420. The summed E-state index contributed by atoms with van der Waals surface area (Å²) >= 11 is 0. The smallest absolute Gasteiger partial charge is 0.214 e. The van der Waals surface area contributed by atoms with Crippen molar-refractivity contribution in [1.82, 2.24) is 19.7 Å². The molecule has 0 amide bonds. The number of aromatic nitrogens is 4. The molecule has 2 aromatic rings. The van der Waals surface area contributed by atoms with Crippen molar-refractivity contribution in [2.45, 2.75) is 20.1 Å². The molecule has 0 aliphatic rings. The lowest BCUT2D eigenvalue weighted by Gasteiger charge is -1.99. The number of aryl methyl sites for hydroxylation is 1. The standard InChI is InChI=1S/C8H10N4O2/c1-6-2-9-8(14-6)3-12-5-10-11-7(12)4-13/h2,5,13H,3-4H2,1H3. The van der Waals surface area contributed by atoms with Crippen LogP contribution >= 0.6 is 0 Å². The van der Waals surface area contributed by atoms with Gasteiger partial charge in [-0.3, -0.25) is 0 Å². The second-order valence-electron chi connectivity index (χ2n) is 2.90. The third kappa shape index (κ3) is 1.64. The molecule has 0 atom stereocenters. The number of nitrogens with zero attached hydrogens (tertiary/aromatic N) is 4. The first kappa shape index (κ1) is 8.89. The van der Waals surface area contributed by atoms with Gasteiger partial charge in [-0.05, 0) is 6.92 Å². The summed E-state index contributed by atoms with van der Waals surface area (Å²) in [5.74, 6) is 1.84. The summed E-state index contributed by atoms with van der Waals surface area (Å²) in [4.78, 5) is 4.04. The van der Waals surface area contributed by atoms with Crippen LogP contribution in [0, 0.1) is 6.92 Å². The van der Waals surface area contributed by atoms with Crippen molar-refractivity contribution in [2.24, 2.45) is 0 Å². The summed E-state index contributed by atoms with van der Waals surface area (Å²) in [6.07, 6.45) is 3.18. The number of hydrogen-bond acceptors (Lipinski definition) is 5. The molecule has 6 nitrogen and oxygen atoms in total. The van der Waals surface area contributed by atoms with Gasteiger partial charge in [0.05, 0.1) is 6.20 Å². The van der Waals surface area contributed by atoms with E-state index in [1.54, 1.807) is 10.8 Å².